The number of ether oxygens (including phenoxy) is 2. The Kier molecular flexibility index (Phi) is 7.20. The third kappa shape index (κ3) is 5.41. The smallest absolute Gasteiger partial charge is 0.303 e. The number of carbonyl (C=O) groups is 1. The van der Waals surface area contributed by atoms with Crippen molar-refractivity contribution >= 4 is 5.97 Å². The molecule has 0 spiro atoms. The number of benzene rings is 3. The molecule has 0 saturated heterocycles. The molecule has 1 aliphatic carbocycles. The lowest BCUT2D eigenvalue weighted by Crippen LogP contribution is -2.03. The molecule has 0 saturated carbocycles. The van der Waals surface area contributed by atoms with Crippen LogP contribution in [0.3, 0.4) is 0 Å². The maximum Gasteiger partial charge on any atom is 0.303 e. The van der Waals surface area contributed by atoms with Crippen LogP contribution in [0.25, 0.3) is 11.1 Å². The molecule has 34 heavy (non-hydrogen) atoms. The van der Waals surface area contributed by atoms with Crippen LogP contribution in [0.15, 0.2) is 54.6 Å². The first-order chi connectivity index (χ1) is 16.3. The lowest BCUT2D eigenvalue weighted by molar-refractivity contribution is -0.137. The number of hydrogen-bond donors (Lipinski definition) is 1. The number of fused-ring (bicyclic) bond motifs is 1. The molecular formula is C29H31FO4. The van der Waals surface area contributed by atoms with Gasteiger partial charge >= 0.3 is 5.97 Å². The van der Waals surface area contributed by atoms with Crippen molar-refractivity contribution in [3.63, 3.8) is 0 Å². The molecule has 0 aromatic heterocycles. The predicted octanol–water partition coefficient (Wildman–Crippen LogP) is 6.78. The summed E-state index contributed by atoms with van der Waals surface area (Å²) in [5.74, 6) is 0.884. The lowest BCUT2D eigenvalue weighted by Gasteiger charge is -2.16. The maximum absolute atomic E-state index is 14.7. The number of carboxylic acid groups (broad SMARTS) is 1. The Morgan fingerprint density at radius 2 is 1.85 bits per heavy atom. The molecule has 0 unspecified atom stereocenters. The molecular weight excluding hydrogens is 431 g/mol. The summed E-state index contributed by atoms with van der Waals surface area (Å²) in [5, 5.41) is 9.12. The summed E-state index contributed by atoms with van der Waals surface area (Å²) >= 11 is 0. The van der Waals surface area contributed by atoms with E-state index in [1.807, 2.05) is 30.3 Å². The fourth-order valence-corrected chi connectivity index (χ4v) is 4.81. The summed E-state index contributed by atoms with van der Waals surface area (Å²) in [6, 6.07) is 16.8. The Balaban J connectivity index is 1.54. The summed E-state index contributed by atoms with van der Waals surface area (Å²) in [6.07, 6.45) is 2.74. The number of aryl methyl sites for hydroxylation is 1. The minimum Gasteiger partial charge on any atom is -0.497 e. The van der Waals surface area contributed by atoms with Gasteiger partial charge in [-0.3, -0.25) is 4.79 Å². The summed E-state index contributed by atoms with van der Waals surface area (Å²) in [5.41, 5.74) is 5.81. The molecule has 4 rings (SSSR count). The van der Waals surface area contributed by atoms with E-state index < -0.39 is 5.97 Å². The van der Waals surface area contributed by atoms with E-state index in [1.165, 1.54) is 11.6 Å². The minimum absolute atomic E-state index is 0.0877. The third-order valence-corrected chi connectivity index (χ3v) is 6.40. The molecule has 1 aliphatic rings. The van der Waals surface area contributed by atoms with Crippen molar-refractivity contribution < 1.29 is 23.8 Å². The summed E-state index contributed by atoms with van der Waals surface area (Å²) < 4.78 is 26.1. The van der Waals surface area contributed by atoms with Crippen molar-refractivity contribution in [3.05, 3.63) is 82.7 Å². The summed E-state index contributed by atoms with van der Waals surface area (Å²) in [6.45, 7) is 4.71. The maximum atomic E-state index is 14.7. The van der Waals surface area contributed by atoms with E-state index in [-0.39, 0.29) is 18.2 Å². The van der Waals surface area contributed by atoms with Gasteiger partial charge in [0.15, 0.2) is 0 Å². The zero-order valence-electron chi connectivity index (χ0n) is 19.9. The molecule has 0 fully saturated rings. The van der Waals surface area contributed by atoms with Crippen LogP contribution >= 0.6 is 0 Å². The second kappa shape index (κ2) is 10.3. The number of methoxy groups -OCH3 is 1. The van der Waals surface area contributed by atoms with E-state index >= 15 is 0 Å². The van der Waals surface area contributed by atoms with Gasteiger partial charge in [-0.25, -0.2) is 4.39 Å². The predicted molar refractivity (Wildman–Crippen MR) is 131 cm³/mol. The van der Waals surface area contributed by atoms with Crippen molar-refractivity contribution in [2.45, 2.75) is 52.1 Å². The van der Waals surface area contributed by atoms with Crippen LogP contribution in [0.2, 0.25) is 0 Å². The van der Waals surface area contributed by atoms with E-state index in [0.29, 0.717) is 23.8 Å². The Morgan fingerprint density at radius 3 is 2.59 bits per heavy atom. The monoisotopic (exact) mass is 462 g/mol. The van der Waals surface area contributed by atoms with E-state index in [0.717, 1.165) is 47.3 Å². The highest BCUT2D eigenvalue weighted by Crippen LogP contribution is 2.37. The molecule has 4 nitrogen and oxygen atoms in total. The van der Waals surface area contributed by atoms with Crippen molar-refractivity contribution in [1.29, 1.82) is 0 Å². The highest BCUT2D eigenvalue weighted by Gasteiger charge is 2.25. The normalized spacial score (nSPS) is 14.8. The van der Waals surface area contributed by atoms with Crippen molar-refractivity contribution in [2.75, 3.05) is 7.11 Å². The molecule has 178 valence electrons. The van der Waals surface area contributed by atoms with Gasteiger partial charge in [-0.05, 0) is 89.2 Å². The van der Waals surface area contributed by atoms with Crippen LogP contribution in [0.1, 0.15) is 54.9 Å². The van der Waals surface area contributed by atoms with Crippen LogP contribution in [0.4, 0.5) is 4.39 Å². The highest BCUT2D eigenvalue weighted by atomic mass is 19.1. The standard InChI is InChI=1S/C29H31FO4/c1-18(2)12-22-13-19(4-9-26(22)27-16-23(33-3)8-11-28(27)30)17-34-24-7-10-25-20(14-24)5-6-21(25)15-29(31)32/h4,7-11,13-14,16,18,21H,5-6,12,15,17H2,1-3H3,(H,31,32)/t21-/m1/s1. The number of hydrogen-bond acceptors (Lipinski definition) is 3. The van der Waals surface area contributed by atoms with Gasteiger partial charge in [-0.1, -0.05) is 38.1 Å². The van der Waals surface area contributed by atoms with Crippen LogP contribution in [-0.4, -0.2) is 18.2 Å². The second-order valence-corrected chi connectivity index (χ2v) is 9.42. The minimum atomic E-state index is -0.757. The van der Waals surface area contributed by atoms with Gasteiger partial charge in [0.25, 0.3) is 0 Å². The van der Waals surface area contributed by atoms with Gasteiger partial charge in [0.05, 0.1) is 13.5 Å². The average Bonchev–Trinajstić information content (AvgIpc) is 3.19. The topological polar surface area (TPSA) is 55.8 Å². The van der Waals surface area contributed by atoms with E-state index in [2.05, 4.69) is 19.9 Å². The number of halogens is 1. The first-order valence-corrected chi connectivity index (χ1v) is 11.8. The first kappa shape index (κ1) is 23.8. The van der Waals surface area contributed by atoms with Gasteiger partial charge in [0.2, 0.25) is 0 Å². The second-order valence-electron chi connectivity index (χ2n) is 9.42. The Labute approximate surface area is 200 Å². The molecule has 3 aromatic rings. The molecule has 3 aromatic carbocycles. The van der Waals surface area contributed by atoms with Crippen LogP contribution in [-0.2, 0) is 24.2 Å². The van der Waals surface area contributed by atoms with Gasteiger partial charge in [-0.15, -0.1) is 0 Å². The van der Waals surface area contributed by atoms with Crippen LogP contribution in [0.5, 0.6) is 11.5 Å². The largest absolute Gasteiger partial charge is 0.497 e. The van der Waals surface area contributed by atoms with E-state index in [1.54, 1.807) is 19.2 Å². The third-order valence-electron chi connectivity index (χ3n) is 6.40. The fraction of sp³-hybridized carbons (Fsp3) is 0.345. The first-order valence-electron chi connectivity index (χ1n) is 11.8. The molecule has 5 heteroatoms. The molecule has 1 N–H and O–H groups in total. The summed E-state index contributed by atoms with van der Waals surface area (Å²) in [4.78, 5) is 11.1. The van der Waals surface area contributed by atoms with Crippen molar-refractivity contribution in [2.24, 2.45) is 5.92 Å². The van der Waals surface area contributed by atoms with Gasteiger partial charge in [-0.2, -0.15) is 0 Å². The zero-order valence-corrected chi connectivity index (χ0v) is 19.9. The number of rotatable bonds is 9. The van der Waals surface area contributed by atoms with Crippen molar-refractivity contribution in [3.8, 4) is 22.6 Å². The molecule has 0 heterocycles. The Hall–Kier alpha value is -3.34. The number of aliphatic carboxylic acids is 1. The van der Waals surface area contributed by atoms with E-state index in [9.17, 15) is 9.18 Å². The molecule has 0 amide bonds. The van der Waals surface area contributed by atoms with Gasteiger partial charge in [0, 0.05) is 5.56 Å². The SMILES string of the molecule is COc1ccc(F)c(-c2ccc(COc3ccc4c(c3)CC[C@@H]4CC(=O)O)cc2CC(C)C)c1. The highest BCUT2D eigenvalue weighted by molar-refractivity contribution is 5.70. The average molecular weight is 463 g/mol. The van der Waals surface area contributed by atoms with Gasteiger partial charge in [0.1, 0.15) is 23.9 Å². The Morgan fingerprint density at radius 1 is 1.06 bits per heavy atom. The van der Waals surface area contributed by atoms with E-state index in [4.69, 9.17) is 14.6 Å². The lowest BCUT2D eigenvalue weighted by atomic mass is 9.92. The van der Waals surface area contributed by atoms with Crippen LogP contribution < -0.4 is 9.47 Å². The number of carboxylic acids is 1. The molecule has 1 atom stereocenters. The Bertz CT molecular complexity index is 1180. The van der Waals surface area contributed by atoms with Crippen LogP contribution in [0, 0.1) is 11.7 Å². The van der Waals surface area contributed by atoms with Crippen molar-refractivity contribution in [1.82, 2.24) is 0 Å². The molecule has 0 radical (unpaired) electrons. The van der Waals surface area contributed by atoms with Gasteiger partial charge < -0.3 is 14.6 Å². The fourth-order valence-electron chi connectivity index (χ4n) is 4.81. The summed E-state index contributed by atoms with van der Waals surface area (Å²) in [7, 11) is 1.58. The molecule has 0 bridgehead atoms. The zero-order chi connectivity index (χ0) is 24.2. The quantitative estimate of drug-likeness (QED) is 0.381. The molecule has 0 aliphatic heterocycles.